The smallest absolute Gasteiger partial charge is 0.223 e. The molecule has 0 aliphatic rings. The minimum absolute atomic E-state index is 0.0209. The molecule has 0 unspecified atom stereocenters. The first kappa shape index (κ1) is 20.4. The van der Waals surface area contributed by atoms with Gasteiger partial charge in [-0.1, -0.05) is 51.7 Å². The van der Waals surface area contributed by atoms with E-state index in [-0.39, 0.29) is 11.8 Å². The number of rotatable bonds is 13. The van der Waals surface area contributed by atoms with E-state index in [4.69, 9.17) is 0 Å². The lowest BCUT2D eigenvalue weighted by molar-refractivity contribution is -0.122. The van der Waals surface area contributed by atoms with Crippen LogP contribution in [-0.4, -0.2) is 11.8 Å². The molecule has 0 atom stereocenters. The summed E-state index contributed by atoms with van der Waals surface area (Å²) in [6.45, 7) is 4.28. The van der Waals surface area contributed by atoms with Gasteiger partial charge in [0.15, 0.2) is 0 Å². The number of carbonyl (C=O) groups is 2. The Kier molecular flexibility index (Phi) is 14.7. The number of allylic oxidation sites excluding steroid dienone is 2. The molecule has 0 heterocycles. The Balaban J connectivity index is 3.50. The summed E-state index contributed by atoms with van der Waals surface area (Å²) >= 11 is 0. The average molecular weight is 308 g/mol. The highest BCUT2D eigenvalue weighted by Gasteiger charge is 2.01. The summed E-state index contributed by atoms with van der Waals surface area (Å²) < 4.78 is 0. The number of hydrogen-bond donors (Lipinski definition) is 2. The fourth-order valence-corrected chi connectivity index (χ4v) is 1.83. The van der Waals surface area contributed by atoms with Gasteiger partial charge in [-0.25, -0.2) is 0 Å². The minimum atomic E-state index is 0.0209. The number of hydrogen-bond acceptors (Lipinski definition) is 2. The van der Waals surface area contributed by atoms with Gasteiger partial charge in [0.1, 0.15) is 0 Å². The Morgan fingerprint density at radius 3 is 1.50 bits per heavy atom. The SMILES string of the molecule is CCCC/C=C/NC(=O)CCCCC(=O)N/C=C/CCCC. The summed E-state index contributed by atoms with van der Waals surface area (Å²) in [5.74, 6) is 0.0419. The van der Waals surface area contributed by atoms with Crippen molar-refractivity contribution in [2.24, 2.45) is 0 Å². The predicted molar refractivity (Wildman–Crippen MR) is 92.1 cm³/mol. The average Bonchev–Trinajstić information content (AvgIpc) is 2.51. The van der Waals surface area contributed by atoms with Crippen LogP contribution in [0.4, 0.5) is 0 Å². The summed E-state index contributed by atoms with van der Waals surface area (Å²) in [4.78, 5) is 23.0. The summed E-state index contributed by atoms with van der Waals surface area (Å²) in [5.41, 5.74) is 0. The Morgan fingerprint density at radius 2 is 1.14 bits per heavy atom. The van der Waals surface area contributed by atoms with E-state index < -0.39 is 0 Å². The molecule has 0 aliphatic carbocycles. The lowest BCUT2D eigenvalue weighted by Gasteiger charge is -2.01. The van der Waals surface area contributed by atoms with Crippen LogP contribution in [0.5, 0.6) is 0 Å². The quantitative estimate of drug-likeness (QED) is 0.501. The predicted octanol–water partition coefficient (Wildman–Crippen LogP) is 4.19. The van der Waals surface area contributed by atoms with Crippen molar-refractivity contribution in [3.05, 3.63) is 24.6 Å². The number of amides is 2. The molecule has 22 heavy (non-hydrogen) atoms. The van der Waals surface area contributed by atoms with Crippen LogP contribution in [0.15, 0.2) is 24.6 Å². The van der Waals surface area contributed by atoms with E-state index in [1.54, 1.807) is 12.4 Å². The monoisotopic (exact) mass is 308 g/mol. The number of carbonyl (C=O) groups excluding carboxylic acids is 2. The molecule has 0 radical (unpaired) electrons. The van der Waals surface area contributed by atoms with Crippen LogP contribution in [0.3, 0.4) is 0 Å². The van der Waals surface area contributed by atoms with Gasteiger partial charge in [0.2, 0.25) is 11.8 Å². The van der Waals surface area contributed by atoms with E-state index >= 15 is 0 Å². The highest BCUT2D eigenvalue weighted by Crippen LogP contribution is 2.00. The minimum Gasteiger partial charge on any atom is -0.333 e. The molecule has 0 aromatic rings. The molecular weight excluding hydrogens is 276 g/mol. The van der Waals surface area contributed by atoms with Gasteiger partial charge in [-0.3, -0.25) is 9.59 Å². The van der Waals surface area contributed by atoms with E-state index in [9.17, 15) is 9.59 Å². The van der Waals surface area contributed by atoms with Crippen LogP contribution in [-0.2, 0) is 9.59 Å². The van der Waals surface area contributed by atoms with Crippen LogP contribution in [0.2, 0.25) is 0 Å². The molecule has 0 aromatic carbocycles. The zero-order valence-electron chi connectivity index (χ0n) is 14.2. The molecule has 4 nitrogen and oxygen atoms in total. The van der Waals surface area contributed by atoms with Gasteiger partial charge in [0, 0.05) is 12.8 Å². The van der Waals surface area contributed by atoms with Crippen molar-refractivity contribution < 1.29 is 9.59 Å². The third kappa shape index (κ3) is 14.8. The molecule has 4 heteroatoms. The van der Waals surface area contributed by atoms with Crippen LogP contribution >= 0.6 is 0 Å². The molecule has 0 saturated carbocycles. The maximum atomic E-state index is 11.5. The normalized spacial score (nSPS) is 11.2. The zero-order valence-corrected chi connectivity index (χ0v) is 14.2. The summed E-state index contributed by atoms with van der Waals surface area (Å²) in [5, 5.41) is 5.50. The third-order valence-electron chi connectivity index (χ3n) is 3.23. The zero-order chi connectivity index (χ0) is 16.5. The van der Waals surface area contributed by atoms with Crippen LogP contribution < -0.4 is 10.6 Å². The molecule has 0 aromatic heterocycles. The highest BCUT2D eigenvalue weighted by molar-refractivity contribution is 5.78. The molecule has 0 saturated heterocycles. The van der Waals surface area contributed by atoms with Crippen LogP contribution in [0.1, 0.15) is 78.1 Å². The van der Waals surface area contributed by atoms with Crippen molar-refractivity contribution >= 4 is 11.8 Å². The highest BCUT2D eigenvalue weighted by atomic mass is 16.2. The second-order valence-corrected chi connectivity index (χ2v) is 5.43. The Bertz CT molecular complexity index is 315. The molecule has 0 fully saturated rings. The summed E-state index contributed by atoms with van der Waals surface area (Å²) in [6.07, 6.45) is 16.5. The van der Waals surface area contributed by atoms with Crippen LogP contribution in [0, 0.1) is 0 Å². The van der Waals surface area contributed by atoms with Gasteiger partial charge < -0.3 is 10.6 Å². The molecular formula is C18H32N2O2. The van der Waals surface area contributed by atoms with Crippen molar-refractivity contribution in [2.45, 2.75) is 78.1 Å². The lowest BCUT2D eigenvalue weighted by atomic mass is 10.2. The lowest BCUT2D eigenvalue weighted by Crippen LogP contribution is -2.18. The largest absolute Gasteiger partial charge is 0.333 e. The van der Waals surface area contributed by atoms with Gasteiger partial charge in [0.05, 0.1) is 0 Å². The van der Waals surface area contributed by atoms with Crippen molar-refractivity contribution in [1.29, 1.82) is 0 Å². The first-order valence-corrected chi connectivity index (χ1v) is 8.59. The first-order valence-electron chi connectivity index (χ1n) is 8.59. The third-order valence-corrected chi connectivity index (χ3v) is 3.23. The summed E-state index contributed by atoms with van der Waals surface area (Å²) in [6, 6.07) is 0. The van der Waals surface area contributed by atoms with Gasteiger partial charge in [-0.2, -0.15) is 0 Å². The number of nitrogens with one attached hydrogen (secondary N) is 2. The fourth-order valence-electron chi connectivity index (χ4n) is 1.83. The van der Waals surface area contributed by atoms with E-state index in [0.29, 0.717) is 12.8 Å². The van der Waals surface area contributed by atoms with Crippen molar-refractivity contribution in [1.82, 2.24) is 10.6 Å². The molecule has 0 aliphatic heterocycles. The van der Waals surface area contributed by atoms with E-state index in [1.807, 2.05) is 12.2 Å². The molecule has 126 valence electrons. The Morgan fingerprint density at radius 1 is 0.727 bits per heavy atom. The maximum Gasteiger partial charge on any atom is 0.223 e. The van der Waals surface area contributed by atoms with E-state index in [1.165, 1.54) is 0 Å². The first-order chi connectivity index (χ1) is 10.7. The van der Waals surface area contributed by atoms with Crippen molar-refractivity contribution in [3.63, 3.8) is 0 Å². The number of unbranched alkanes of at least 4 members (excludes halogenated alkanes) is 5. The van der Waals surface area contributed by atoms with Gasteiger partial charge in [0.25, 0.3) is 0 Å². The molecule has 2 N–H and O–H groups in total. The Labute approximate surface area is 135 Å². The second-order valence-electron chi connectivity index (χ2n) is 5.43. The maximum absolute atomic E-state index is 11.5. The van der Waals surface area contributed by atoms with Gasteiger partial charge in [-0.05, 0) is 38.1 Å². The van der Waals surface area contributed by atoms with E-state index in [0.717, 1.165) is 51.4 Å². The summed E-state index contributed by atoms with van der Waals surface area (Å²) in [7, 11) is 0. The van der Waals surface area contributed by atoms with Crippen LogP contribution in [0.25, 0.3) is 0 Å². The van der Waals surface area contributed by atoms with Gasteiger partial charge in [-0.15, -0.1) is 0 Å². The molecule has 0 spiro atoms. The standard InChI is InChI=1S/C18H32N2O2/c1-3-5-7-11-15-19-17(21)13-9-10-14-18(22)20-16-12-8-6-4-2/h11-12,15-16H,3-10,13-14H2,1-2H3,(H,19,21)(H,20,22)/b15-11+,16-12+. The molecule has 2 amide bonds. The molecule has 0 rings (SSSR count). The van der Waals surface area contributed by atoms with Crippen molar-refractivity contribution in [3.8, 4) is 0 Å². The fraction of sp³-hybridized carbons (Fsp3) is 0.667. The molecule has 0 bridgehead atoms. The van der Waals surface area contributed by atoms with Crippen molar-refractivity contribution in [2.75, 3.05) is 0 Å². The Hall–Kier alpha value is -1.58. The van der Waals surface area contributed by atoms with Gasteiger partial charge >= 0.3 is 0 Å². The second kappa shape index (κ2) is 15.8. The topological polar surface area (TPSA) is 58.2 Å². The van der Waals surface area contributed by atoms with E-state index in [2.05, 4.69) is 24.5 Å².